The molecule has 3 rings (SSSR count). The average molecular weight is 341 g/mol. The summed E-state index contributed by atoms with van der Waals surface area (Å²) in [6.07, 6.45) is 2.82. The van der Waals surface area contributed by atoms with E-state index in [1.807, 2.05) is 24.3 Å². The molecular formula is C20H23NO4. The summed E-state index contributed by atoms with van der Waals surface area (Å²) >= 11 is 0. The summed E-state index contributed by atoms with van der Waals surface area (Å²) in [5.74, 6) is 1.27. The van der Waals surface area contributed by atoms with Crippen LogP contribution < -0.4 is 4.74 Å². The fourth-order valence-corrected chi connectivity index (χ4v) is 3.32. The number of Topliss-reactive ketones (excluding diaryl/α,β-unsaturated/α-hetero) is 1. The first kappa shape index (κ1) is 17.4. The molecule has 1 fully saturated rings. The minimum atomic E-state index is -0.0586. The van der Waals surface area contributed by atoms with Crippen LogP contribution in [0.25, 0.3) is 11.1 Å². The molecule has 0 spiro atoms. The Balaban J connectivity index is 1.78. The fraction of sp³-hybridized carbons (Fsp3) is 0.400. The van der Waals surface area contributed by atoms with E-state index in [1.54, 1.807) is 6.92 Å². The smallest absolute Gasteiger partial charge is 0.166 e. The lowest BCUT2D eigenvalue weighted by molar-refractivity contribution is 0.0497. The summed E-state index contributed by atoms with van der Waals surface area (Å²) in [6.45, 7) is 5.62. The molecule has 0 atom stereocenters. The molecule has 1 aliphatic heterocycles. The van der Waals surface area contributed by atoms with Crippen LogP contribution in [0.5, 0.6) is 5.75 Å². The topological polar surface area (TPSA) is 68.4 Å². The van der Waals surface area contributed by atoms with Gasteiger partial charge in [0.15, 0.2) is 12.1 Å². The van der Waals surface area contributed by atoms with E-state index < -0.39 is 0 Å². The first-order chi connectivity index (χ1) is 12.1. The molecule has 0 unspecified atom stereocenters. The first-order valence-electron chi connectivity index (χ1n) is 8.59. The second-order valence-electron chi connectivity index (χ2n) is 6.48. The van der Waals surface area contributed by atoms with E-state index in [9.17, 15) is 9.59 Å². The van der Waals surface area contributed by atoms with E-state index in [1.165, 1.54) is 6.92 Å². The minimum Gasteiger partial charge on any atom is -0.493 e. The van der Waals surface area contributed by atoms with Crippen LogP contribution in [0.15, 0.2) is 24.3 Å². The third kappa shape index (κ3) is 3.82. The molecule has 1 aromatic heterocycles. The van der Waals surface area contributed by atoms with Crippen molar-refractivity contribution in [2.75, 3.05) is 19.8 Å². The molecule has 2 heterocycles. The van der Waals surface area contributed by atoms with Crippen molar-refractivity contribution in [3.05, 3.63) is 41.2 Å². The van der Waals surface area contributed by atoms with Crippen molar-refractivity contribution in [1.29, 1.82) is 0 Å². The summed E-state index contributed by atoms with van der Waals surface area (Å²) in [6, 6.07) is 7.55. The molecule has 25 heavy (non-hydrogen) atoms. The van der Waals surface area contributed by atoms with Gasteiger partial charge in [0.1, 0.15) is 5.75 Å². The maximum atomic E-state index is 12.0. The Morgan fingerprint density at radius 2 is 1.96 bits per heavy atom. The number of H-pyrrole nitrogens is 1. The number of rotatable bonds is 6. The van der Waals surface area contributed by atoms with E-state index in [0.29, 0.717) is 35.0 Å². The van der Waals surface area contributed by atoms with Crippen LogP contribution in [-0.4, -0.2) is 36.9 Å². The van der Waals surface area contributed by atoms with Crippen molar-refractivity contribution in [1.82, 2.24) is 4.98 Å². The average Bonchev–Trinajstić information content (AvgIpc) is 2.98. The van der Waals surface area contributed by atoms with Crippen molar-refractivity contribution in [2.45, 2.75) is 26.7 Å². The second-order valence-corrected chi connectivity index (χ2v) is 6.48. The molecule has 0 radical (unpaired) electrons. The van der Waals surface area contributed by atoms with Gasteiger partial charge in [-0.2, -0.15) is 0 Å². The second kappa shape index (κ2) is 7.66. The van der Waals surface area contributed by atoms with Crippen molar-refractivity contribution < 1.29 is 19.1 Å². The van der Waals surface area contributed by atoms with Crippen LogP contribution in [0.3, 0.4) is 0 Å². The third-order valence-electron chi connectivity index (χ3n) is 4.66. The van der Waals surface area contributed by atoms with Gasteiger partial charge in [0.05, 0.1) is 12.3 Å². The molecule has 0 aliphatic carbocycles. The Labute approximate surface area is 147 Å². The molecule has 1 aliphatic rings. The number of hydrogen-bond donors (Lipinski definition) is 1. The minimum absolute atomic E-state index is 0.0586. The van der Waals surface area contributed by atoms with Crippen molar-refractivity contribution in [3.63, 3.8) is 0 Å². The quantitative estimate of drug-likeness (QED) is 0.641. The van der Waals surface area contributed by atoms with E-state index in [4.69, 9.17) is 9.47 Å². The molecule has 1 N–H and O–H groups in total. The largest absolute Gasteiger partial charge is 0.493 e. The molecule has 1 aromatic carbocycles. The highest BCUT2D eigenvalue weighted by Gasteiger charge is 2.20. The van der Waals surface area contributed by atoms with E-state index in [0.717, 1.165) is 43.7 Å². The number of carbonyl (C=O) groups is 2. The zero-order valence-corrected chi connectivity index (χ0v) is 14.6. The number of benzene rings is 1. The van der Waals surface area contributed by atoms with Gasteiger partial charge in [0.25, 0.3) is 0 Å². The Kier molecular flexibility index (Phi) is 5.34. The third-order valence-corrected chi connectivity index (χ3v) is 4.66. The van der Waals surface area contributed by atoms with Crippen LogP contribution in [0.4, 0.5) is 0 Å². The highest BCUT2D eigenvalue weighted by molar-refractivity contribution is 6.06. The Morgan fingerprint density at radius 1 is 1.28 bits per heavy atom. The van der Waals surface area contributed by atoms with Gasteiger partial charge in [0, 0.05) is 30.0 Å². The Morgan fingerprint density at radius 3 is 2.56 bits per heavy atom. The maximum absolute atomic E-state index is 12.0. The molecule has 1 saturated heterocycles. The Bertz CT molecular complexity index is 755. The zero-order chi connectivity index (χ0) is 17.8. The molecular weight excluding hydrogens is 318 g/mol. The van der Waals surface area contributed by atoms with Crippen LogP contribution in [-0.2, 0) is 4.74 Å². The Hall–Kier alpha value is -2.40. The van der Waals surface area contributed by atoms with Crippen LogP contribution in [0, 0.1) is 12.8 Å². The zero-order valence-electron chi connectivity index (χ0n) is 14.6. The molecule has 0 amide bonds. The van der Waals surface area contributed by atoms with Gasteiger partial charge >= 0.3 is 0 Å². The summed E-state index contributed by atoms with van der Waals surface area (Å²) in [5, 5.41) is 0. The number of ketones is 1. The van der Waals surface area contributed by atoms with Gasteiger partial charge in [0.2, 0.25) is 0 Å². The number of aromatic amines is 1. The predicted molar refractivity (Wildman–Crippen MR) is 95.4 cm³/mol. The fourth-order valence-electron chi connectivity index (χ4n) is 3.32. The van der Waals surface area contributed by atoms with E-state index in [-0.39, 0.29) is 5.78 Å². The highest BCUT2D eigenvalue weighted by Crippen LogP contribution is 2.31. The van der Waals surface area contributed by atoms with Crippen molar-refractivity contribution >= 4 is 12.1 Å². The normalized spacial score (nSPS) is 15.1. The predicted octanol–water partition coefficient (Wildman–Crippen LogP) is 3.81. The molecule has 5 nitrogen and oxygen atoms in total. The van der Waals surface area contributed by atoms with E-state index >= 15 is 0 Å². The molecule has 2 aromatic rings. The van der Waals surface area contributed by atoms with Gasteiger partial charge < -0.3 is 14.5 Å². The summed E-state index contributed by atoms with van der Waals surface area (Å²) in [4.78, 5) is 26.3. The van der Waals surface area contributed by atoms with Crippen LogP contribution in [0.2, 0.25) is 0 Å². The highest BCUT2D eigenvalue weighted by atomic mass is 16.5. The molecule has 0 saturated carbocycles. The van der Waals surface area contributed by atoms with Crippen molar-refractivity contribution in [3.8, 4) is 16.9 Å². The maximum Gasteiger partial charge on any atom is 0.166 e. The number of carbonyl (C=O) groups excluding carboxylic acids is 2. The number of aromatic nitrogens is 1. The van der Waals surface area contributed by atoms with Crippen LogP contribution in [0.1, 0.15) is 46.3 Å². The van der Waals surface area contributed by atoms with Gasteiger partial charge in [-0.05, 0) is 50.3 Å². The van der Waals surface area contributed by atoms with Gasteiger partial charge in [-0.25, -0.2) is 0 Å². The van der Waals surface area contributed by atoms with E-state index in [2.05, 4.69) is 4.98 Å². The van der Waals surface area contributed by atoms with Crippen LogP contribution >= 0.6 is 0 Å². The summed E-state index contributed by atoms with van der Waals surface area (Å²) < 4.78 is 11.2. The SMILES string of the molecule is CC(=O)c1c(C)[nH]c(C=O)c1-c1ccc(OCC2CCOCC2)cc1. The number of aryl methyl sites for hydroxylation is 1. The molecule has 132 valence electrons. The standard InChI is InChI=1S/C20H23NO4/c1-13-19(14(2)23)20(18(11-22)21-13)16-3-5-17(6-4-16)25-12-15-7-9-24-10-8-15/h3-6,11,15,21H,7-10,12H2,1-2H3. The van der Waals surface area contributed by atoms with Gasteiger partial charge in [-0.3, -0.25) is 9.59 Å². The monoisotopic (exact) mass is 341 g/mol. The lowest BCUT2D eigenvalue weighted by Gasteiger charge is -2.22. The number of aldehydes is 1. The molecule has 5 heteroatoms. The lowest BCUT2D eigenvalue weighted by Crippen LogP contribution is -2.21. The lowest BCUT2D eigenvalue weighted by atomic mass is 9.98. The van der Waals surface area contributed by atoms with Gasteiger partial charge in [-0.1, -0.05) is 12.1 Å². The van der Waals surface area contributed by atoms with Crippen molar-refractivity contribution in [2.24, 2.45) is 5.92 Å². The number of hydrogen-bond acceptors (Lipinski definition) is 4. The number of ether oxygens (including phenoxy) is 2. The number of nitrogens with one attached hydrogen (secondary N) is 1. The summed E-state index contributed by atoms with van der Waals surface area (Å²) in [5.41, 5.74) is 3.20. The molecule has 0 bridgehead atoms. The first-order valence-corrected chi connectivity index (χ1v) is 8.59. The summed E-state index contributed by atoms with van der Waals surface area (Å²) in [7, 11) is 0. The van der Waals surface area contributed by atoms with Gasteiger partial charge in [-0.15, -0.1) is 0 Å².